The summed E-state index contributed by atoms with van der Waals surface area (Å²) in [7, 11) is -3.76. The van der Waals surface area contributed by atoms with Crippen molar-refractivity contribution >= 4 is 21.7 Å². The van der Waals surface area contributed by atoms with Crippen molar-refractivity contribution < 1.29 is 17.9 Å². The Kier molecular flexibility index (Phi) is 5.55. The first kappa shape index (κ1) is 17.5. The topological polar surface area (TPSA) is 96.3 Å². The van der Waals surface area contributed by atoms with Crippen molar-refractivity contribution in [2.75, 3.05) is 11.3 Å². The Morgan fingerprint density at radius 1 is 1.12 bits per heavy atom. The molecule has 0 fully saturated rings. The summed E-state index contributed by atoms with van der Waals surface area (Å²) in [5, 5.41) is 8.62. The molecular formula is C17H16N2O4S. The minimum atomic E-state index is -3.76. The predicted octanol–water partition coefficient (Wildman–Crippen LogP) is 2.73. The smallest absolute Gasteiger partial charge is 0.338 e. The fraction of sp³-hybridized carbons (Fsp3) is 0.176. The highest BCUT2D eigenvalue weighted by atomic mass is 32.2. The Balaban J connectivity index is 2.15. The van der Waals surface area contributed by atoms with Crippen LogP contribution in [0.3, 0.4) is 0 Å². The zero-order valence-electron chi connectivity index (χ0n) is 13.0. The molecule has 0 amide bonds. The molecule has 0 heterocycles. The number of nitriles is 1. The van der Waals surface area contributed by atoms with Crippen LogP contribution in [0, 0.1) is 11.3 Å². The summed E-state index contributed by atoms with van der Waals surface area (Å²) in [5.41, 5.74) is 1.49. The predicted molar refractivity (Wildman–Crippen MR) is 89.0 cm³/mol. The quantitative estimate of drug-likeness (QED) is 0.813. The van der Waals surface area contributed by atoms with Crippen LogP contribution in [0.4, 0.5) is 5.69 Å². The molecule has 0 saturated carbocycles. The van der Waals surface area contributed by atoms with Crippen LogP contribution in [0.15, 0.2) is 53.4 Å². The van der Waals surface area contributed by atoms with E-state index in [1.54, 1.807) is 31.2 Å². The lowest BCUT2D eigenvalue weighted by atomic mass is 10.1. The van der Waals surface area contributed by atoms with Gasteiger partial charge in [-0.05, 0) is 48.9 Å². The molecule has 0 aliphatic rings. The normalized spacial score (nSPS) is 10.7. The van der Waals surface area contributed by atoms with Crippen molar-refractivity contribution in [1.82, 2.24) is 0 Å². The van der Waals surface area contributed by atoms with E-state index in [9.17, 15) is 13.2 Å². The lowest BCUT2D eigenvalue weighted by molar-refractivity contribution is 0.0526. The summed E-state index contributed by atoms with van der Waals surface area (Å²) in [4.78, 5) is 11.6. The molecule has 2 aromatic rings. The first-order chi connectivity index (χ1) is 11.5. The molecule has 0 aliphatic carbocycles. The van der Waals surface area contributed by atoms with Crippen LogP contribution in [0.2, 0.25) is 0 Å². The van der Waals surface area contributed by atoms with Crippen LogP contribution in [-0.2, 0) is 21.2 Å². The third-order valence-corrected chi connectivity index (χ3v) is 4.56. The Morgan fingerprint density at radius 3 is 2.29 bits per heavy atom. The van der Waals surface area contributed by atoms with Crippen LogP contribution >= 0.6 is 0 Å². The fourth-order valence-electron chi connectivity index (χ4n) is 1.98. The van der Waals surface area contributed by atoms with E-state index in [0.29, 0.717) is 5.69 Å². The van der Waals surface area contributed by atoms with Gasteiger partial charge in [0.05, 0.1) is 29.6 Å². The van der Waals surface area contributed by atoms with Crippen molar-refractivity contribution in [3.05, 3.63) is 59.7 Å². The van der Waals surface area contributed by atoms with Crippen molar-refractivity contribution in [1.29, 1.82) is 5.26 Å². The summed E-state index contributed by atoms with van der Waals surface area (Å²) in [5.74, 6) is -0.498. The van der Waals surface area contributed by atoms with E-state index in [1.807, 2.05) is 6.07 Å². The van der Waals surface area contributed by atoms with Gasteiger partial charge in [-0.2, -0.15) is 5.26 Å². The number of nitrogens with one attached hydrogen (secondary N) is 1. The van der Waals surface area contributed by atoms with Crippen molar-refractivity contribution in [3.8, 4) is 6.07 Å². The average molecular weight is 344 g/mol. The number of ether oxygens (including phenoxy) is 1. The van der Waals surface area contributed by atoms with Crippen molar-refractivity contribution in [2.24, 2.45) is 0 Å². The Labute approximate surface area is 140 Å². The van der Waals surface area contributed by atoms with Gasteiger partial charge in [0.1, 0.15) is 0 Å². The molecule has 0 atom stereocenters. The number of sulfonamides is 1. The van der Waals surface area contributed by atoms with E-state index in [2.05, 4.69) is 4.72 Å². The second-order valence-corrected chi connectivity index (χ2v) is 6.56. The fourth-order valence-corrected chi connectivity index (χ4v) is 3.04. The molecule has 0 saturated heterocycles. The molecule has 7 heteroatoms. The molecule has 2 aromatic carbocycles. The minimum absolute atomic E-state index is 0.0386. The number of anilines is 1. The third kappa shape index (κ3) is 4.33. The molecule has 0 unspecified atom stereocenters. The molecule has 2 rings (SSSR count). The molecular weight excluding hydrogens is 328 g/mol. The first-order valence-corrected chi connectivity index (χ1v) is 8.70. The highest BCUT2D eigenvalue weighted by Gasteiger charge is 2.15. The highest BCUT2D eigenvalue weighted by molar-refractivity contribution is 7.92. The molecule has 0 aliphatic heterocycles. The SMILES string of the molecule is CCOC(=O)c1ccc(S(=O)(=O)Nc2ccc(CC#N)cc2)cc1. The molecule has 24 heavy (non-hydrogen) atoms. The lowest BCUT2D eigenvalue weighted by Crippen LogP contribution is -2.13. The van der Waals surface area contributed by atoms with Gasteiger partial charge in [-0.15, -0.1) is 0 Å². The van der Waals surface area contributed by atoms with E-state index >= 15 is 0 Å². The van der Waals surface area contributed by atoms with Gasteiger partial charge in [0.25, 0.3) is 10.0 Å². The van der Waals surface area contributed by atoms with E-state index in [-0.39, 0.29) is 23.5 Å². The van der Waals surface area contributed by atoms with E-state index in [4.69, 9.17) is 10.00 Å². The number of carbonyl (C=O) groups is 1. The van der Waals surface area contributed by atoms with Crippen LogP contribution in [0.5, 0.6) is 0 Å². The summed E-state index contributed by atoms with van der Waals surface area (Å²) in [6.07, 6.45) is 0.266. The molecule has 0 aromatic heterocycles. The first-order valence-electron chi connectivity index (χ1n) is 7.22. The van der Waals surface area contributed by atoms with Gasteiger partial charge in [0.2, 0.25) is 0 Å². The number of esters is 1. The van der Waals surface area contributed by atoms with Gasteiger partial charge >= 0.3 is 5.97 Å². The lowest BCUT2D eigenvalue weighted by Gasteiger charge is -2.09. The van der Waals surface area contributed by atoms with Crippen LogP contribution in [-0.4, -0.2) is 21.0 Å². The highest BCUT2D eigenvalue weighted by Crippen LogP contribution is 2.17. The molecule has 1 N–H and O–H groups in total. The second-order valence-electron chi connectivity index (χ2n) is 4.88. The monoisotopic (exact) mass is 344 g/mol. The zero-order chi connectivity index (χ0) is 17.6. The summed E-state index contributed by atoms with van der Waals surface area (Å²) in [6, 6.07) is 14.1. The van der Waals surface area contributed by atoms with E-state index in [0.717, 1.165) is 5.56 Å². The standard InChI is InChI=1S/C17H16N2O4S/c1-2-23-17(20)14-5-9-16(10-6-14)24(21,22)19-15-7-3-13(4-8-15)11-12-18/h3-10,19H,2,11H2,1H3. The largest absolute Gasteiger partial charge is 0.462 e. The van der Waals surface area contributed by atoms with Gasteiger partial charge in [-0.1, -0.05) is 12.1 Å². The molecule has 0 bridgehead atoms. The van der Waals surface area contributed by atoms with Crippen LogP contribution < -0.4 is 4.72 Å². The van der Waals surface area contributed by atoms with Crippen molar-refractivity contribution in [2.45, 2.75) is 18.2 Å². The van der Waals surface area contributed by atoms with Gasteiger partial charge in [-0.3, -0.25) is 4.72 Å². The summed E-state index contributed by atoms with van der Waals surface area (Å²) >= 11 is 0. The average Bonchev–Trinajstić information content (AvgIpc) is 2.57. The van der Waals surface area contributed by atoms with Gasteiger partial charge < -0.3 is 4.74 Å². The maximum Gasteiger partial charge on any atom is 0.338 e. The number of hydrogen-bond donors (Lipinski definition) is 1. The Morgan fingerprint density at radius 2 is 1.75 bits per heavy atom. The molecule has 124 valence electrons. The maximum atomic E-state index is 12.3. The third-order valence-electron chi connectivity index (χ3n) is 3.17. The van der Waals surface area contributed by atoms with Crippen molar-refractivity contribution in [3.63, 3.8) is 0 Å². The van der Waals surface area contributed by atoms with E-state index < -0.39 is 16.0 Å². The number of rotatable bonds is 6. The number of carbonyl (C=O) groups excluding carboxylic acids is 1. The zero-order valence-corrected chi connectivity index (χ0v) is 13.8. The maximum absolute atomic E-state index is 12.3. The Hall–Kier alpha value is -2.85. The number of benzene rings is 2. The molecule has 6 nitrogen and oxygen atoms in total. The van der Waals surface area contributed by atoms with Gasteiger partial charge in [-0.25, -0.2) is 13.2 Å². The van der Waals surface area contributed by atoms with E-state index in [1.165, 1.54) is 24.3 Å². The summed E-state index contributed by atoms with van der Waals surface area (Å²) in [6.45, 7) is 1.95. The van der Waals surface area contributed by atoms with Gasteiger partial charge in [0.15, 0.2) is 0 Å². The number of nitrogens with zero attached hydrogens (tertiary/aromatic N) is 1. The minimum Gasteiger partial charge on any atom is -0.462 e. The molecule has 0 radical (unpaired) electrons. The summed E-state index contributed by atoms with van der Waals surface area (Å²) < 4.78 is 32.0. The number of hydrogen-bond acceptors (Lipinski definition) is 5. The second kappa shape index (κ2) is 7.62. The molecule has 0 spiro atoms. The van der Waals surface area contributed by atoms with Crippen LogP contribution in [0.1, 0.15) is 22.8 Å². The van der Waals surface area contributed by atoms with Crippen LogP contribution in [0.25, 0.3) is 0 Å². The Bertz CT molecular complexity index is 851. The van der Waals surface area contributed by atoms with Gasteiger partial charge in [0, 0.05) is 5.69 Å².